The van der Waals surface area contributed by atoms with Crippen LogP contribution in [0.3, 0.4) is 0 Å². The van der Waals surface area contributed by atoms with Gasteiger partial charge in [0.1, 0.15) is 5.82 Å². The van der Waals surface area contributed by atoms with Crippen molar-refractivity contribution in [3.05, 3.63) is 52.8 Å². The van der Waals surface area contributed by atoms with Crippen molar-refractivity contribution in [3.8, 4) is 0 Å². The van der Waals surface area contributed by atoms with Gasteiger partial charge in [0, 0.05) is 56.6 Å². The standard InChI is InChI=1S/C24H31ClFN7S/c1-30(2)18-7-8-33(16-18)22-14-23(20(26)13-17(22)15-28-29-24(27)34)32-11-9-31(10-12-32)21-6-4-3-5-19(21)25/h3-6,13-15,18H,7-12,16H2,1-2H3,(H3,27,29,34)/b28-15+/t18-/m1/s1. The quantitative estimate of drug-likeness (QED) is 0.357. The number of thiocarbonyl (C=S) groups is 1. The number of hydrazone groups is 1. The molecule has 2 aliphatic heterocycles. The molecule has 0 bridgehead atoms. The Kier molecular flexibility index (Phi) is 7.75. The van der Waals surface area contributed by atoms with Crippen molar-refractivity contribution in [2.75, 3.05) is 68.1 Å². The maximum atomic E-state index is 15.3. The van der Waals surface area contributed by atoms with Gasteiger partial charge in [0.25, 0.3) is 0 Å². The van der Waals surface area contributed by atoms with Crippen LogP contribution in [0.1, 0.15) is 12.0 Å². The predicted octanol–water partition coefficient (Wildman–Crippen LogP) is 3.11. The van der Waals surface area contributed by atoms with Crippen molar-refractivity contribution >= 4 is 52.2 Å². The van der Waals surface area contributed by atoms with Crippen LogP contribution in [0.2, 0.25) is 5.02 Å². The summed E-state index contributed by atoms with van der Waals surface area (Å²) >= 11 is 11.2. The number of hydrogen-bond donors (Lipinski definition) is 2. The molecule has 10 heteroatoms. The van der Waals surface area contributed by atoms with Crippen molar-refractivity contribution in [1.29, 1.82) is 0 Å². The monoisotopic (exact) mass is 503 g/mol. The number of piperazine rings is 1. The van der Waals surface area contributed by atoms with E-state index >= 15 is 4.39 Å². The third kappa shape index (κ3) is 5.54. The van der Waals surface area contributed by atoms with Gasteiger partial charge in [-0.1, -0.05) is 23.7 Å². The molecule has 0 aliphatic carbocycles. The zero-order chi connectivity index (χ0) is 24.2. The zero-order valence-electron chi connectivity index (χ0n) is 19.5. The Morgan fingerprint density at radius 3 is 2.38 bits per heavy atom. The first-order valence-corrected chi connectivity index (χ1v) is 12.2. The van der Waals surface area contributed by atoms with Gasteiger partial charge in [-0.25, -0.2) is 4.39 Å². The van der Waals surface area contributed by atoms with E-state index in [1.165, 1.54) is 0 Å². The van der Waals surface area contributed by atoms with Crippen LogP contribution in [0, 0.1) is 5.82 Å². The lowest BCUT2D eigenvalue weighted by molar-refractivity contribution is 0.315. The third-order valence-electron chi connectivity index (χ3n) is 6.52. The molecule has 3 N–H and O–H groups in total. The fraction of sp³-hybridized carbons (Fsp3) is 0.417. The molecule has 2 aliphatic rings. The van der Waals surface area contributed by atoms with Crippen molar-refractivity contribution in [1.82, 2.24) is 10.3 Å². The maximum Gasteiger partial charge on any atom is 0.184 e. The van der Waals surface area contributed by atoms with Crippen LogP contribution < -0.4 is 25.9 Å². The third-order valence-corrected chi connectivity index (χ3v) is 6.93. The topological polar surface area (TPSA) is 63.4 Å². The number of nitrogens with zero attached hydrogens (tertiary/aromatic N) is 5. The van der Waals surface area contributed by atoms with E-state index in [1.54, 1.807) is 12.3 Å². The average Bonchev–Trinajstić information content (AvgIpc) is 3.30. The van der Waals surface area contributed by atoms with E-state index < -0.39 is 0 Å². The average molecular weight is 504 g/mol. The highest BCUT2D eigenvalue weighted by Gasteiger charge is 2.28. The Labute approximate surface area is 210 Å². The summed E-state index contributed by atoms with van der Waals surface area (Å²) in [6.07, 6.45) is 2.64. The Balaban J connectivity index is 1.57. The normalized spacial score (nSPS) is 18.9. The number of nitrogens with two attached hydrogens (primary N) is 1. The molecule has 2 aromatic rings. The van der Waals surface area contributed by atoms with E-state index in [1.807, 2.05) is 30.3 Å². The molecule has 1 atom stereocenters. The van der Waals surface area contributed by atoms with Gasteiger partial charge in [0.2, 0.25) is 0 Å². The number of anilines is 3. The summed E-state index contributed by atoms with van der Waals surface area (Å²) in [4.78, 5) is 8.90. The van der Waals surface area contributed by atoms with Crippen molar-refractivity contribution in [3.63, 3.8) is 0 Å². The van der Waals surface area contributed by atoms with Gasteiger partial charge in [-0.15, -0.1) is 0 Å². The van der Waals surface area contributed by atoms with E-state index in [9.17, 15) is 0 Å². The number of halogens is 2. The lowest BCUT2D eigenvalue weighted by atomic mass is 10.1. The second-order valence-corrected chi connectivity index (χ2v) is 9.72. The first-order chi connectivity index (χ1) is 16.3. The Bertz CT molecular complexity index is 1060. The molecule has 0 aromatic heterocycles. The summed E-state index contributed by atoms with van der Waals surface area (Å²) < 4.78 is 15.3. The van der Waals surface area contributed by atoms with E-state index in [4.69, 9.17) is 29.6 Å². The summed E-state index contributed by atoms with van der Waals surface area (Å²) in [7, 11) is 4.19. The molecule has 7 nitrogen and oxygen atoms in total. The summed E-state index contributed by atoms with van der Waals surface area (Å²) in [5.41, 5.74) is 11.3. The van der Waals surface area contributed by atoms with Gasteiger partial charge in [0.05, 0.1) is 22.6 Å². The Hall–Kier alpha value is -2.62. The van der Waals surface area contributed by atoms with Gasteiger partial charge < -0.3 is 25.3 Å². The number of likely N-dealkylation sites (N-methyl/N-ethyl adjacent to an activating group) is 1. The molecule has 0 radical (unpaired) electrons. The number of hydrogen-bond acceptors (Lipinski definition) is 6. The van der Waals surface area contributed by atoms with Crippen LogP contribution in [0.15, 0.2) is 41.5 Å². The molecule has 0 spiro atoms. The van der Waals surface area contributed by atoms with Crippen LogP contribution >= 0.6 is 23.8 Å². The fourth-order valence-electron chi connectivity index (χ4n) is 4.63. The number of para-hydroxylation sites is 1. The highest BCUT2D eigenvalue weighted by molar-refractivity contribution is 7.80. The summed E-state index contributed by atoms with van der Waals surface area (Å²) in [5, 5.41) is 4.89. The largest absolute Gasteiger partial charge is 0.375 e. The van der Waals surface area contributed by atoms with Crippen LogP contribution in [0.5, 0.6) is 0 Å². The van der Waals surface area contributed by atoms with Gasteiger partial charge in [0.15, 0.2) is 5.11 Å². The molecule has 2 fully saturated rings. The Morgan fingerprint density at radius 1 is 1.09 bits per heavy atom. The van der Waals surface area contributed by atoms with E-state index in [0.29, 0.717) is 30.4 Å². The first-order valence-electron chi connectivity index (χ1n) is 11.4. The molecule has 2 saturated heterocycles. The number of rotatable bonds is 6. The van der Waals surface area contributed by atoms with E-state index in [0.717, 1.165) is 49.0 Å². The summed E-state index contributed by atoms with van der Waals surface area (Å²) in [6, 6.07) is 11.8. The lowest BCUT2D eigenvalue weighted by Gasteiger charge is -2.38. The molecule has 0 saturated carbocycles. The smallest absolute Gasteiger partial charge is 0.184 e. The molecule has 182 valence electrons. The molecule has 0 unspecified atom stereocenters. The minimum Gasteiger partial charge on any atom is -0.375 e. The molecule has 2 aromatic carbocycles. The summed E-state index contributed by atoms with van der Waals surface area (Å²) in [6.45, 7) is 4.73. The van der Waals surface area contributed by atoms with Gasteiger partial charge in [-0.2, -0.15) is 5.10 Å². The molecule has 34 heavy (non-hydrogen) atoms. The van der Waals surface area contributed by atoms with Crippen LogP contribution in [-0.4, -0.2) is 75.6 Å². The number of nitrogens with one attached hydrogen (secondary N) is 1. The fourth-order valence-corrected chi connectivity index (χ4v) is 4.94. The van der Waals surface area contributed by atoms with Crippen LogP contribution in [0.4, 0.5) is 21.5 Å². The molecule has 0 amide bonds. The minimum atomic E-state index is -0.268. The van der Waals surface area contributed by atoms with Gasteiger partial charge in [-0.05, 0) is 57.0 Å². The lowest BCUT2D eigenvalue weighted by Crippen LogP contribution is -2.47. The zero-order valence-corrected chi connectivity index (χ0v) is 21.1. The highest BCUT2D eigenvalue weighted by atomic mass is 35.5. The second-order valence-electron chi connectivity index (χ2n) is 8.87. The van der Waals surface area contributed by atoms with Gasteiger partial charge in [-0.3, -0.25) is 5.43 Å². The van der Waals surface area contributed by atoms with Crippen molar-refractivity contribution in [2.24, 2.45) is 10.8 Å². The molecule has 4 rings (SSSR count). The predicted molar refractivity (Wildman–Crippen MR) is 144 cm³/mol. The minimum absolute atomic E-state index is 0.0696. The van der Waals surface area contributed by atoms with E-state index in [2.05, 4.69) is 44.2 Å². The van der Waals surface area contributed by atoms with Gasteiger partial charge >= 0.3 is 0 Å². The summed E-state index contributed by atoms with van der Waals surface area (Å²) in [5.74, 6) is -0.268. The van der Waals surface area contributed by atoms with Crippen LogP contribution in [-0.2, 0) is 0 Å². The van der Waals surface area contributed by atoms with Crippen molar-refractivity contribution < 1.29 is 4.39 Å². The number of benzene rings is 2. The maximum absolute atomic E-state index is 15.3. The van der Waals surface area contributed by atoms with E-state index in [-0.39, 0.29) is 10.9 Å². The molecular weight excluding hydrogens is 473 g/mol. The molecule has 2 heterocycles. The van der Waals surface area contributed by atoms with Crippen molar-refractivity contribution in [2.45, 2.75) is 12.5 Å². The van der Waals surface area contributed by atoms with Crippen LogP contribution in [0.25, 0.3) is 0 Å². The Morgan fingerprint density at radius 2 is 1.76 bits per heavy atom. The second kappa shape index (κ2) is 10.8. The first kappa shape index (κ1) is 24.5. The highest BCUT2D eigenvalue weighted by Crippen LogP contribution is 2.33. The molecular formula is C24H31ClFN7S. The SMILES string of the molecule is CN(C)[C@@H]1CCN(c2cc(N3CCN(c4ccccc4Cl)CC3)c(F)cc2/C=N/NC(N)=S)C1.